The van der Waals surface area contributed by atoms with Crippen LogP contribution in [0.4, 0.5) is 11.4 Å². The molecule has 1 aromatic carbocycles. The van der Waals surface area contributed by atoms with E-state index in [1.165, 1.54) is 11.8 Å². The maximum Gasteiger partial charge on any atom is 0.343 e. The van der Waals surface area contributed by atoms with Crippen molar-refractivity contribution < 1.29 is 9.53 Å². The Hall–Kier alpha value is -2.26. The average molecular weight is 406 g/mol. The number of H-pyrrole nitrogens is 1. The predicted molar refractivity (Wildman–Crippen MR) is 111 cm³/mol. The summed E-state index contributed by atoms with van der Waals surface area (Å²) in [5.74, 6) is 0.512. The van der Waals surface area contributed by atoms with Gasteiger partial charge < -0.3 is 15.0 Å². The van der Waals surface area contributed by atoms with Crippen molar-refractivity contribution in [2.24, 2.45) is 0 Å². The molecular weight excluding hydrogens is 378 g/mol. The molecule has 9 heteroatoms. The highest BCUT2D eigenvalue weighted by atomic mass is 32.2. The van der Waals surface area contributed by atoms with Crippen LogP contribution in [0.3, 0.4) is 0 Å². The van der Waals surface area contributed by atoms with Crippen LogP contribution in [-0.4, -0.2) is 52.7 Å². The number of hydrogen-bond donors (Lipinski definition) is 2. The number of anilines is 2. The van der Waals surface area contributed by atoms with Crippen LogP contribution in [-0.2, 0) is 16.1 Å². The van der Waals surface area contributed by atoms with E-state index >= 15 is 0 Å². The van der Waals surface area contributed by atoms with Gasteiger partial charge in [0, 0.05) is 43.2 Å². The highest BCUT2D eigenvalue weighted by molar-refractivity contribution is 7.99. The summed E-state index contributed by atoms with van der Waals surface area (Å²) in [6, 6.07) is 7.88. The SMILES string of the molecule is CCCCn1c(SCCC(=O)Nc2ccc(N3CCOCC3)cc2)n[nH]c1=O. The zero-order valence-corrected chi connectivity index (χ0v) is 17.0. The molecule has 152 valence electrons. The molecule has 1 aliphatic heterocycles. The number of carbonyl (C=O) groups is 1. The van der Waals surface area contributed by atoms with Gasteiger partial charge in [-0.1, -0.05) is 25.1 Å². The fraction of sp³-hybridized carbons (Fsp3) is 0.526. The molecule has 1 amide bonds. The number of thioether (sulfide) groups is 1. The van der Waals surface area contributed by atoms with Gasteiger partial charge >= 0.3 is 5.69 Å². The third kappa shape index (κ3) is 5.62. The summed E-state index contributed by atoms with van der Waals surface area (Å²) in [7, 11) is 0. The Kier molecular flexibility index (Phi) is 7.55. The minimum Gasteiger partial charge on any atom is -0.378 e. The third-order valence-electron chi connectivity index (χ3n) is 4.55. The molecule has 0 spiro atoms. The van der Waals surface area contributed by atoms with Crippen molar-refractivity contribution in [1.29, 1.82) is 0 Å². The number of morpholine rings is 1. The van der Waals surface area contributed by atoms with E-state index in [1.807, 2.05) is 24.3 Å². The van der Waals surface area contributed by atoms with Crippen molar-refractivity contribution >= 4 is 29.0 Å². The Morgan fingerprint density at radius 2 is 2.04 bits per heavy atom. The summed E-state index contributed by atoms with van der Waals surface area (Å²) in [6.45, 7) is 6.00. The smallest absolute Gasteiger partial charge is 0.343 e. The minimum absolute atomic E-state index is 0.0513. The number of unbranched alkanes of at least 4 members (excludes halogenated alkanes) is 1. The van der Waals surface area contributed by atoms with Crippen molar-refractivity contribution in [1.82, 2.24) is 14.8 Å². The van der Waals surface area contributed by atoms with Crippen LogP contribution < -0.4 is 15.9 Å². The summed E-state index contributed by atoms with van der Waals surface area (Å²) in [5.41, 5.74) is 1.73. The summed E-state index contributed by atoms with van der Waals surface area (Å²) < 4.78 is 7.00. The number of hydrogen-bond acceptors (Lipinski definition) is 6. The second-order valence-corrected chi connectivity index (χ2v) is 7.67. The number of benzene rings is 1. The van der Waals surface area contributed by atoms with E-state index in [-0.39, 0.29) is 11.6 Å². The van der Waals surface area contributed by atoms with Crippen LogP contribution in [0.15, 0.2) is 34.2 Å². The van der Waals surface area contributed by atoms with Crippen molar-refractivity contribution in [3.8, 4) is 0 Å². The first-order valence-electron chi connectivity index (χ1n) is 9.68. The van der Waals surface area contributed by atoms with E-state index in [4.69, 9.17) is 4.74 Å². The number of amides is 1. The number of aromatic nitrogens is 3. The van der Waals surface area contributed by atoms with Gasteiger partial charge in [-0.3, -0.25) is 9.36 Å². The molecule has 1 fully saturated rings. The van der Waals surface area contributed by atoms with E-state index < -0.39 is 0 Å². The van der Waals surface area contributed by atoms with Crippen LogP contribution in [0.25, 0.3) is 0 Å². The maximum absolute atomic E-state index is 12.2. The zero-order valence-electron chi connectivity index (χ0n) is 16.1. The Morgan fingerprint density at radius 3 is 2.75 bits per heavy atom. The third-order valence-corrected chi connectivity index (χ3v) is 5.52. The fourth-order valence-electron chi connectivity index (χ4n) is 2.96. The highest BCUT2D eigenvalue weighted by Gasteiger charge is 2.12. The number of ether oxygens (including phenoxy) is 1. The van der Waals surface area contributed by atoms with Gasteiger partial charge in [-0.25, -0.2) is 9.89 Å². The molecule has 1 saturated heterocycles. The minimum atomic E-state index is -0.194. The van der Waals surface area contributed by atoms with Gasteiger partial charge in [0.1, 0.15) is 0 Å². The molecule has 0 atom stereocenters. The van der Waals surface area contributed by atoms with Crippen LogP contribution in [0.5, 0.6) is 0 Å². The van der Waals surface area contributed by atoms with E-state index in [2.05, 4.69) is 27.3 Å². The van der Waals surface area contributed by atoms with Gasteiger partial charge in [0.05, 0.1) is 13.2 Å². The van der Waals surface area contributed by atoms with Crippen LogP contribution in [0.2, 0.25) is 0 Å². The Morgan fingerprint density at radius 1 is 1.29 bits per heavy atom. The molecule has 28 heavy (non-hydrogen) atoms. The van der Waals surface area contributed by atoms with Crippen molar-refractivity contribution in [2.75, 3.05) is 42.3 Å². The largest absolute Gasteiger partial charge is 0.378 e. The Labute approximate surface area is 168 Å². The van der Waals surface area contributed by atoms with Gasteiger partial charge in [-0.15, -0.1) is 5.10 Å². The molecule has 8 nitrogen and oxygen atoms in total. The Balaban J connectivity index is 1.45. The standard InChI is InChI=1S/C19H27N5O3S/c1-2-3-9-24-18(26)21-22-19(24)28-14-8-17(25)20-15-4-6-16(7-5-15)23-10-12-27-13-11-23/h4-7H,2-3,8-14H2,1H3,(H,20,25)(H,21,26). The number of aromatic amines is 1. The van der Waals surface area contributed by atoms with E-state index in [9.17, 15) is 9.59 Å². The molecule has 0 bridgehead atoms. The monoisotopic (exact) mass is 405 g/mol. The van der Waals surface area contributed by atoms with E-state index in [0.717, 1.165) is 50.5 Å². The molecule has 1 aliphatic rings. The molecule has 1 aromatic heterocycles. The first kappa shape index (κ1) is 20.5. The molecule has 2 heterocycles. The van der Waals surface area contributed by atoms with Crippen LogP contribution in [0, 0.1) is 0 Å². The first-order chi connectivity index (χ1) is 13.7. The number of rotatable bonds is 9. The quantitative estimate of drug-likeness (QED) is 0.622. The first-order valence-corrected chi connectivity index (χ1v) is 10.7. The zero-order chi connectivity index (χ0) is 19.8. The van der Waals surface area contributed by atoms with Gasteiger partial charge in [-0.05, 0) is 30.7 Å². The fourth-order valence-corrected chi connectivity index (χ4v) is 3.87. The lowest BCUT2D eigenvalue weighted by Gasteiger charge is -2.28. The summed E-state index contributed by atoms with van der Waals surface area (Å²) in [4.78, 5) is 26.2. The lowest BCUT2D eigenvalue weighted by atomic mass is 10.2. The Bertz CT molecular complexity index is 812. The molecular formula is C19H27N5O3S. The highest BCUT2D eigenvalue weighted by Crippen LogP contribution is 2.20. The average Bonchev–Trinajstić information content (AvgIpc) is 3.07. The lowest BCUT2D eigenvalue weighted by molar-refractivity contribution is -0.115. The van der Waals surface area contributed by atoms with Crippen LogP contribution >= 0.6 is 11.8 Å². The summed E-state index contributed by atoms with van der Waals surface area (Å²) in [5, 5.41) is 10.1. The second-order valence-electron chi connectivity index (χ2n) is 6.61. The lowest BCUT2D eigenvalue weighted by Crippen LogP contribution is -2.36. The van der Waals surface area contributed by atoms with Crippen molar-refractivity contribution in [3.63, 3.8) is 0 Å². The molecule has 3 rings (SSSR count). The maximum atomic E-state index is 12.2. The molecule has 0 aliphatic carbocycles. The summed E-state index contributed by atoms with van der Waals surface area (Å²) in [6.07, 6.45) is 2.28. The molecule has 2 aromatic rings. The van der Waals surface area contributed by atoms with Gasteiger partial charge in [0.15, 0.2) is 5.16 Å². The molecule has 2 N–H and O–H groups in total. The predicted octanol–water partition coefficient (Wildman–Crippen LogP) is 2.33. The topological polar surface area (TPSA) is 92.2 Å². The molecule has 0 saturated carbocycles. The van der Waals surface area contributed by atoms with Gasteiger partial charge in [-0.2, -0.15) is 0 Å². The number of carbonyl (C=O) groups excluding carboxylic acids is 1. The van der Waals surface area contributed by atoms with Gasteiger partial charge in [0.2, 0.25) is 5.91 Å². The van der Waals surface area contributed by atoms with Crippen molar-refractivity contribution in [2.45, 2.75) is 37.9 Å². The molecule has 0 radical (unpaired) electrons. The van der Waals surface area contributed by atoms with E-state index in [1.54, 1.807) is 4.57 Å². The van der Waals surface area contributed by atoms with Crippen molar-refractivity contribution in [3.05, 3.63) is 34.7 Å². The summed E-state index contributed by atoms with van der Waals surface area (Å²) >= 11 is 1.42. The number of nitrogens with one attached hydrogen (secondary N) is 2. The van der Waals surface area contributed by atoms with Gasteiger partial charge in [0.25, 0.3) is 0 Å². The number of nitrogens with zero attached hydrogens (tertiary/aromatic N) is 3. The van der Waals surface area contributed by atoms with Crippen LogP contribution in [0.1, 0.15) is 26.2 Å². The normalized spacial score (nSPS) is 14.2. The second kappa shape index (κ2) is 10.3. The van der Waals surface area contributed by atoms with E-state index in [0.29, 0.717) is 23.9 Å². The molecule has 0 unspecified atom stereocenters.